The van der Waals surface area contributed by atoms with E-state index in [2.05, 4.69) is 22.9 Å². The zero-order valence-corrected chi connectivity index (χ0v) is 19.2. The molecule has 3 N–H and O–H groups in total. The van der Waals surface area contributed by atoms with Gasteiger partial charge >= 0.3 is 0 Å². The molecule has 2 rings (SSSR count). The molecule has 1 saturated carbocycles. The van der Waals surface area contributed by atoms with Crippen LogP contribution in [0.4, 0.5) is 5.69 Å². The summed E-state index contributed by atoms with van der Waals surface area (Å²) in [6.45, 7) is 9.29. The maximum Gasteiger partial charge on any atom is 0.224 e. The number of carbonyl (C=O) groups is 1. The molecule has 0 bridgehead atoms. The monoisotopic (exact) mass is 416 g/mol. The molecule has 1 fully saturated rings. The number of rotatable bonds is 11. The van der Waals surface area contributed by atoms with E-state index in [1.807, 2.05) is 38.1 Å². The van der Waals surface area contributed by atoms with Crippen LogP contribution in [0.25, 0.3) is 0 Å². The van der Waals surface area contributed by atoms with Crippen LogP contribution in [-0.4, -0.2) is 38.7 Å². The lowest BCUT2D eigenvalue weighted by Crippen LogP contribution is -2.43. The first-order chi connectivity index (χ1) is 14.5. The third-order valence-corrected chi connectivity index (χ3v) is 5.70. The standard InChI is InChI=1S/C24H40N4O2/c1-5-25-23(27-18-24(13-14-30-4)11-6-7-12-24)26-17-20-9-8-10-21(16-20)28-22(29)15-19(2)3/h8-10,16,19H,5-7,11-15,17-18H2,1-4H3,(H,28,29)(H2,25,26,27). The van der Waals surface area contributed by atoms with Gasteiger partial charge in [0.05, 0.1) is 6.54 Å². The molecule has 0 aromatic heterocycles. The molecule has 0 unspecified atom stereocenters. The maximum atomic E-state index is 12.0. The van der Waals surface area contributed by atoms with Gasteiger partial charge in [0, 0.05) is 38.9 Å². The highest BCUT2D eigenvalue weighted by Gasteiger charge is 2.33. The fourth-order valence-electron chi connectivity index (χ4n) is 4.07. The van der Waals surface area contributed by atoms with Crippen LogP contribution in [0.1, 0.15) is 64.9 Å². The van der Waals surface area contributed by atoms with Gasteiger partial charge in [-0.3, -0.25) is 4.79 Å². The maximum absolute atomic E-state index is 12.0. The number of benzene rings is 1. The number of nitrogens with zero attached hydrogens (tertiary/aromatic N) is 1. The Morgan fingerprint density at radius 1 is 1.23 bits per heavy atom. The number of carbonyl (C=O) groups excluding carboxylic acids is 1. The lowest BCUT2D eigenvalue weighted by Gasteiger charge is -2.30. The molecule has 1 aliphatic carbocycles. The summed E-state index contributed by atoms with van der Waals surface area (Å²) in [4.78, 5) is 16.8. The van der Waals surface area contributed by atoms with Crippen molar-refractivity contribution in [3.63, 3.8) is 0 Å². The van der Waals surface area contributed by atoms with Gasteiger partial charge in [0.1, 0.15) is 0 Å². The van der Waals surface area contributed by atoms with Crippen LogP contribution < -0.4 is 16.0 Å². The van der Waals surface area contributed by atoms with Crippen molar-refractivity contribution in [3.05, 3.63) is 29.8 Å². The number of hydrogen-bond donors (Lipinski definition) is 3. The van der Waals surface area contributed by atoms with Gasteiger partial charge in [0.15, 0.2) is 5.96 Å². The van der Waals surface area contributed by atoms with E-state index < -0.39 is 0 Å². The smallest absolute Gasteiger partial charge is 0.224 e. The molecule has 0 spiro atoms. The van der Waals surface area contributed by atoms with E-state index in [1.165, 1.54) is 25.7 Å². The van der Waals surface area contributed by atoms with E-state index in [0.717, 1.165) is 43.3 Å². The number of amides is 1. The van der Waals surface area contributed by atoms with Crippen molar-refractivity contribution in [2.45, 2.75) is 65.8 Å². The van der Waals surface area contributed by atoms with Crippen molar-refractivity contribution in [3.8, 4) is 0 Å². The summed E-state index contributed by atoms with van der Waals surface area (Å²) in [6.07, 6.45) is 6.72. The first-order valence-electron chi connectivity index (χ1n) is 11.4. The van der Waals surface area contributed by atoms with Gasteiger partial charge in [0.2, 0.25) is 5.91 Å². The number of guanidine groups is 1. The molecule has 0 atom stereocenters. The average Bonchev–Trinajstić information content (AvgIpc) is 3.17. The summed E-state index contributed by atoms with van der Waals surface area (Å²) >= 11 is 0. The Hall–Kier alpha value is -2.08. The second-order valence-corrected chi connectivity index (χ2v) is 8.85. The van der Waals surface area contributed by atoms with Gasteiger partial charge in [-0.25, -0.2) is 4.99 Å². The lowest BCUT2D eigenvalue weighted by atomic mass is 9.83. The van der Waals surface area contributed by atoms with Crippen LogP contribution in [0.3, 0.4) is 0 Å². The topological polar surface area (TPSA) is 74.8 Å². The molecule has 0 saturated heterocycles. The normalized spacial score (nSPS) is 16.0. The third kappa shape index (κ3) is 8.34. The van der Waals surface area contributed by atoms with Crippen LogP contribution in [0.15, 0.2) is 29.3 Å². The molecule has 1 aromatic carbocycles. The number of nitrogens with one attached hydrogen (secondary N) is 3. The van der Waals surface area contributed by atoms with E-state index in [1.54, 1.807) is 7.11 Å². The predicted octanol–water partition coefficient (Wildman–Crippen LogP) is 4.32. The second kappa shape index (κ2) is 12.6. The fraction of sp³-hybridized carbons (Fsp3) is 0.667. The average molecular weight is 417 g/mol. The van der Waals surface area contributed by atoms with E-state index >= 15 is 0 Å². The second-order valence-electron chi connectivity index (χ2n) is 8.85. The third-order valence-electron chi connectivity index (χ3n) is 5.70. The molecule has 1 aliphatic rings. The van der Waals surface area contributed by atoms with Gasteiger partial charge < -0.3 is 20.7 Å². The highest BCUT2D eigenvalue weighted by Crippen LogP contribution is 2.40. The van der Waals surface area contributed by atoms with Crippen molar-refractivity contribution < 1.29 is 9.53 Å². The van der Waals surface area contributed by atoms with Crippen LogP contribution in [0.2, 0.25) is 0 Å². The molecule has 0 aliphatic heterocycles. The molecular formula is C24H40N4O2. The van der Waals surface area contributed by atoms with Gasteiger partial charge in [-0.2, -0.15) is 0 Å². The Morgan fingerprint density at radius 3 is 2.67 bits per heavy atom. The zero-order chi connectivity index (χ0) is 21.8. The minimum atomic E-state index is 0.0542. The van der Waals surface area contributed by atoms with Gasteiger partial charge in [-0.15, -0.1) is 0 Å². The minimum Gasteiger partial charge on any atom is -0.385 e. The Morgan fingerprint density at radius 2 is 2.00 bits per heavy atom. The Labute approximate surface area is 182 Å². The van der Waals surface area contributed by atoms with Gasteiger partial charge in [-0.1, -0.05) is 38.8 Å². The summed E-state index contributed by atoms with van der Waals surface area (Å²) < 4.78 is 5.34. The molecule has 168 valence electrons. The van der Waals surface area contributed by atoms with Gasteiger partial charge in [-0.05, 0) is 55.2 Å². The van der Waals surface area contributed by atoms with E-state index in [-0.39, 0.29) is 5.91 Å². The summed E-state index contributed by atoms with van der Waals surface area (Å²) in [5.74, 6) is 1.24. The highest BCUT2D eigenvalue weighted by atomic mass is 16.5. The van der Waals surface area contributed by atoms with E-state index in [4.69, 9.17) is 9.73 Å². The van der Waals surface area contributed by atoms with E-state index in [9.17, 15) is 4.79 Å². The fourth-order valence-corrected chi connectivity index (χ4v) is 4.07. The predicted molar refractivity (Wildman–Crippen MR) is 125 cm³/mol. The van der Waals surface area contributed by atoms with Crippen LogP contribution in [-0.2, 0) is 16.1 Å². The first kappa shape index (κ1) is 24.2. The lowest BCUT2D eigenvalue weighted by molar-refractivity contribution is -0.116. The number of hydrogen-bond acceptors (Lipinski definition) is 3. The zero-order valence-electron chi connectivity index (χ0n) is 19.2. The Kier molecular flexibility index (Phi) is 10.1. The SMILES string of the molecule is CCNC(=NCc1cccc(NC(=O)CC(C)C)c1)NCC1(CCOC)CCCC1. The summed E-state index contributed by atoms with van der Waals surface area (Å²) in [6, 6.07) is 7.94. The molecule has 0 radical (unpaired) electrons. The number of aliphatic imine (C=N–C) groups is 1. The van der Waals surface area contributed by atoms with E-state index in [0.29, 0.717) is 24.3 Å². The molecule has 1 amide bonds. The number of anilines is 1. The molecule has 30 heavy (non-hydrogen) atoms. The number of ether oxygens (including phenoxy) is 1. The summed E-state index contributed by atoms with van der Waals surface area (Å²) in [5.41, 5.74) is 2.22. The van der Waals surface area contributed by atoms with Crippen LogP contribution >= 0.6 is 0 Å². The molecule has 6 nitrogen and oxygen atoms in total. The highest BCUT2D eigenvalue weighted by molar-refractivity contribution is 5.90. The first-order valence-corrected chi connectivity index (χ1v) is 11.4. The Balaban J connectivity index is 1.96. The Bertz CT molecular complexity index is 682. The number of methoxy groups -OCH3 is 1. The molecule has 6 heteroatoms. The quantitative estimate of drug-likeness (QED) is 0.371. The largest absolute Gasteiger partial charge is 0.385 e. The summed E-state index contributed by atoms with van der Waals surface area (Å²) in [5, 5.41) is 9.90. The van der Waals surface area contributed by atoms with Crippen molar-refractivity contribution in [2.24, 2.45) is 16.3 Å². The van der Waals surface area contributed by atoms with Crippen molar-refractivity contribution in [1.82, 2.24) is 10.6 Å². The van der Waals surface area contributed by atoms with Gasteiger partial charge in [0.25, 0.3) is 0 Å². The molecular weight excluding hydrogens is 376 g/mol. The van der Waals surface area contributed by atoms with Crippen molar-refractivity contribution in [1.29, 1.82) is 0 Å². The van der Waals surface area contributed by atoms with Crippen molar-refractivity contribution in [2.75, 3.05) is 32.1 Å². The minimum absolute atomic E-state index is 0.0542. The van der Waals surface area contributed by atoms with Crippen LogP contribution in [0.5, 0.6) is 0 Å². The molecule has 0 heterocycles. The van der Waals surface area contributed by atoms with Crippen molar-refractivity contribution >= 4 is 17.6 Å². The van der Waals surface area contributed by atoms with Crippen LogP contribution in [0, 0.1) is 11.3 Å². The molecule has 1 aromatic rings. The summed E-state index contributed by atoms with van der Waals surface area (Å²) in [7, 11) is 1.78.